The molecule has 0 atom stereocenters. The molecule has 138 valence electrons. The van der Waals surface area contributed by atoms with Crippen molar-refractivity contribution in [1.82, 2.24) is 10.3 Å². The highest BCUT2D eigenvalue weighted by molar-refractivity contribution is 5.77. The largest absolute Gasteiger partial charge is 0.489 e. The number of hydrogen-bond acceptors (Lipinski definition) is 4. The lowest BCUT2D eigenvalue weighted by molar-refractivity contribution is -0.123. The molecule has 27 heavy (non-hydrogen) atoms. The van der Waals surface area contributed by atoms with E-state index in [9.17, 15) is 4.79 Å². The quantitative estimate of drug-likeness (QED) is 0.664. The van der Waals surface area contributed by atoms with Crippen molar-refractivity contribution in [2.75, 3.05) is 6.61 Å². The van der Waals surface area contributed by atoms with E-state index >= 15 is 0 Å². The molecule has 2 aromatic carbocycles. The Morgan fingerprint density at radius 2 is 1.63 bits per heavy atom. The van der Waals surface area contributed by atoms with E-state index in [0.29, 0.717) is 18.9 Å². The van der Waals surface area contributed by atoms with Crippen LogP contribution in [0.4, 0.5) is 0 Å². The van der Waals surface area contributed by atoms with E-state index < -0.39 is 0 Å². The van der Waals surface area contributed by atoms with Gasteiger partial charge in [0.05, 0.1) is 12.2 Å². The Morgan fingerprint density at radius 1 is 0.926 bits per heavy atom. The molecule has 0 saturated heterocycles. The van der Waals surface area contributed by atoms with Crippen LogP contribution in [0.15, 0.2) is 72.9 Å². The molecule has 0 bridgehead atoms. The third-order valence-corrected chi connectivity index (χ3v) is 4.01. The number of carbonyl (C=O) groups excluding carboxylic acids is 1. The first-order valence-corrected chi connectivity index (χ1v) is 8.77. The minimum Gasteiger partial charge on any atom is -0.489 e. The fourth-order valence-electron chi connectivity index (χ4n) is 2.46. The Kier molecular flexibility index (Phi) is 6.41. The van der Waals surface area contributed by atoms with Gasteiger partial charge in [0.1, 0.15) is 18.1 Å². The molecule has 0 aliphatic carbocycles. The van der Waals surface area contributed by atoms with Crippen LogP contribution in [0.5, 0.6) is 11.5 Å². The van der Waals surface area contributed by atoms with Crippen molar-refractivity contribution in [2.24, 2.45) is 0 Å². The monoisotopic (exact) mass is 362 g/mol. The summed E-state index contributed by atoms with van der Waals surface area (Å²) in [6.45, 7) is 2.82. The van der Waals surface area contributed by atoms with Crippen molar-refractivity contribution < 1.29 is 14.3 Å². The number of rotatable bonds is 8. The SMILES string of the molecule is Cc1cccnc1CNC(=O)COc1ccc(OCc2ccccc2)cc1. The van der Waals surface area contributed by atoms with E-state index in [1.807, 2.05) is 61.5 Å². The van der Waals surface area contributed by atoms with Crippen LogP contribution >= 0.6 is 0 Å². The summed E-state index contributed by atoms with van der Waals surface area (Å²) in [4.78, 5) is 16.2. The lowest BCUT2D eigenvalue weighted by Crippen LogP contribution is -2.29. The van der Waals surface area contributed by atoms with Gasteiger partial charge in [-0.1, -0.05) is 36.4 Å². The number of carbonyl (C=O) groups is 1. The molecule has 0 radical (unpaired) electrons. The van der Waals surface area contributed by atoms with Crippen LogP contribution in [0, 0.1) is 6.92 Å². The second-order valence-corrected chi connectivity index (χ2v) is 6.08. The van der Waals surface area contributed by atoms with Crippen molar-refractivity contribution in [3.63, 3.8) is 0 Å². The van der Waals surface area contributed by atoms with Crippen LogP contribution in [0.25, 0.3) is 0 Å². The van der Waals surface area contributed by atoms with Crippen LogP contribution in [-0.2, 0) is 17.9 Å². The van der Waals surface area contributed by atoms with Gasteiger partial charge in [-0.15, -0.1) is 0 Å². The van der Waals surface area contributed by atoms with Gasteiger partial charge in [0.15, 0.2) is 6.61 Å². The minimum atomic E-state index is -0.190. The second kappa shape index (κ2) is 9.38. The Hall–Kier alpha value is -3.34. The number of hydrogen-bond donors (Lipinski definition) is 1. The number of pyridine rings is 1. The molecule has 1 aromatic heterocycles. The first kappa shape index (κ1) is 18.5. The van der Waals surface area contributed by atoms with Gasteiger partial charge in [-0.3, -0.25) is 9.78 Å². The normalized spacial score (nSPS) is 10.3. The number of nitrogens with zero attached hydrogens (tertiary/aromatic N) is 1. The van der Waals surface area contributed by atoms with Gasteiger partial charge in [-0.05, 0) is 48.4 Å². The lowest BCUT2D eigenvalue weighted by Gasteiger charge is -2.10. The van der Waals surface area contributed by atoms with Gasteiger partial charge < -0.3 is 14.8 Å². The first-order chi connectivity index (χ1) is 13.2. The molecule has 3 aromatic rings. The van der Waals surface area contributed by atoms with Crippen molar-refractivity contribution in [3.8, 4) is 11.5 Å². The van der Waals surface area contributed by atoms with E-state index in [1.165, 1.54) is 0 Å². The zero-order chi connectivity index (χ0) is 18.9. The molecular formula is C22H22N2O3. The van der Waals surface area contributed by atoms with Crippen LogP contribution in [-0.4, -0.2) is 17.5 Å². The molecule has 5 nitrogen and oxygen atoms in total. The Bertz CT molecular complexity index is 864. The summed E-state index contributed by atoms with van der Waals surface area (Å²) in [6.07, 6.45) is 1.71. The molecule has 5 heteroatoms. The van der Waals surface area contributed by atoms with Crippen LogP contribution in [0.2, 0.25) is 0 Å². The number of amides is 1. The molecule has 1 N–H and O–H groups in total. The van der Waals surface area contributed by atoms with Gasteiger partial charge in [0, 0.05) is 6.20 Å². The summed E-state index contributed by atoms with van der Waals surface area (Å²) >= 11 is 0. The van der Waals surface area contributed by atoms with Crippen LogP contribution in [0.3, 0.4) is 0 Å². The molecule has 0 fully saturated rings. The third kappa shape index (κ3) is 5.85. The topological polar surface area (TPSA) is 60.5 Å². The minimum absolute atomic E-state index is 0.0455. The Morgan fingerprint density at radius 3 is 2.33 bits per heavy atom. The van der Waals surface area contributed by atoms with E-state index in [4.69, 9.17) is 9.47 Å². The zero-order valence-electron chi connectivity index (χ0n) is 15.2. The van der Waals surface area contributed by atoms with E-state index in [0.717, 1.165) is 22.6 Å². The fourth-order valence-corrected chi connectivity index (χ4v) is 2.46. The average molecular weight is 362 g/mol. The molecule has 3 rings (SSSR count). The number of ether oxygens (including phenoxy) is 2. The maximum atomic E-state index is 11.9. The third-order valence-electron chi connectivity index (χ3n) is 4.01. The molecule has 0 unspecified atom stereocenters. The molecule has 0 aliphatic rings. The van der Waals surface area contributed by atoms with Gasteiger partial charge >= 0.3 is 0 Å². The maximum Gasteiger partial charge on any atom is 0.258 e. The highest BCUT2D eigenvalue weighted by Gasteiger charge is 2.05. The fraction of sp³-hybridized carbons (Fsp3) is 0.182. The van der Waals surface area contributed by atoms with Crippen molar-refractivity contribution in [1.29, 1.82) is 0 Å². The summed E-state index contributed by atoms with van der Waals surface area (Å²) in [7, 11) is 0. The lowest BCUT2D eigenvalue weighted by atomic mass is 10.2. The second-order valence-electron chi connectivity index (χ2n) is 6.08. The first-order valence-electron chi connectivity index (χ1n) is 8.77. The van der Waals surface area contributed by atoms with Gasteiger partial charge in [0.2, 0.25) is 0 Å². The van der Waals surface area contributed by atoms with Gasteiger partial charge in [-0.2, -0.15) is 0 Å². The smallest absolute Gasteiger partial charge is 0.258 e. The van der Waals surface area contributed by atoms with E-state index in [-0.39, 0.29) is 12.5 Å². The summed E-state index contributed by atoms with van der Waals surface area (Å²) < 4.78 is 11.2. The summed E-state index contributed by atoms with van der Waals surface area (Å²) in [5.41, 5.74) is 3.01. The van der Waals surface area contributed by atoms with Gasteiger partial charge in [-0.25, -0.2) is 0 Å². The number of benzene rings is 2. The highest BCUT2D eigenvalue weighted by Crippen LogP contribution is 2.18. The standard InChI is InChI=1S/C22H22N2O3/c1-17-6-5-13-23-21(17)14-24-22(25)16-27-20-11-9-19(10-12-20)26-15-18-7-3-2-4-8-18/h2-13H,14-16H2,1H3,(H,24,25). The maximum absolute atomic E-state index is 11.9. The molecule has 0 spiro atoms. The highest BCUT2D eigenvalue weighted by atomic mass is 16.5. The Balaban J connectivity index is 1.41. The van der Waals surface area contributed by atoms with Crippen molar-refractivity contribution in [2.45, 2.75) is 20.1 Å². The Labute approximate surface area is 159 Å². The molecular weight excluding hydrogens is 340 g/mol. The number of aromatic nitrogens is 1. The average Bonchev–Trinajstić information content (AvgIpc) is 2.71. The molecule has 0 saturated carbocycles. The summed E-state index contributed by atoms with van der Waals surface area (Å²) in [5.74, 6) is 1.18. The molecule has 1 heterocycles. The summed E-state index contributed by atoms with van der Waals surface area (Å²) in [5, 5.41) is 2.81. The van der Waals surface area contributed by atoms with Crippen LogP contribution < -0.4 is 14.8 Å². The predicted molar refractivity (Wildman–Crippen MR) is 104 cm³/mol. The van der Waals surface area contributed by atoms with Crippen molar-refractivity contribution >= 4 is 5.91 Å². The van der Waals surface area contributed by atoms with Crippen molar-refractivity contribution in [3.05, 3.63) is 89.7 Å². The predicted octanol–water partition coefficient (Wildman–Crippen LogP) is 3.66. The number of aryl methyl sites for hydroxylation is 1. The molecule has 0 aliphatic heterocycles. The van der Waals surface area contributed by atoms with Crippen LogP contribution in [0.1, 0.15) is 16.8 Å². The van der Waals surface area contributed by atoms with E-state index in [2.05, 4.69) is 10.3 Å². The zero-order valence-corrected chi connectivity index (χ0v) is 15.2. The number of nitrogens with one attached hydrogen (secondary N) is 1. The van der Waals surface area contributed by atoms with E-state index in [1.54, 1.807) is 18.3 Å². The van der Waals surface area contributed by atoms with Gasteiger partial charge in [0.25, 0.3) is 5.91 Å². The summed E-state index contributed by atoms with van der Waals surface area (Å²) in [6, 6.07) is 21.0. The molecule has 1 amide bonds.